The molecule has 7 heteroatoms. The van der Waals surface area contributed by atoms with E-state index in [1.165, 1.54) is 24.3 Å². The minimum atomic E-state index is -0.369. The summed E-state index contributed by atoms with van der Waals surface area (Å²) in [6.07, 6.45) is 1.60. The first-order chi connectivity index (χ1) is 12.6. The summed E-state index contributed by atoms with van der Waals surface area (Å²) < 4.78 is 13.0. The molecule has 0 spiro atoms. The summed E-state index contributed by atoms with van der Waals surface area (Å²) in [7, 11) is 0. The fraction of sp³-hybridized carbons (Fsp3) is 0.211. The predicted octanol–water partition coefficient (Wildman–Crippen LogP) is 2.30. The number of nitrogens with one attached hydrogen (secondary N) is 1. The zero-order valence-electron chi connectivity index (χ0n) is 14.0. The van der Waals surface area contributed by atoms with E-state index in [4.69, 9.17) is 0 Å². The smallest absolute Gasteiger partial charge is 0.254 e. The van der Waals surface area contributed by atoms with E-state index in [2.05, 4.69) is 9.97 Å². The molecule has 2 amide bonds. The van der Waals surface area contributed by atoms with E-state index in [1.807, 2.05) is 6.07 Å². The summed E-state index contributed by atoms with van der Waals surface area (Å²) in [4.78, 5) is 35.7. The van der Waals surface area contributed by atoms with Crippen molar-refractivity contribution in [3.8, 4) is 0 Å². The van der Waals surface area contributed by atoms with Gasteiger partial charge in [-0.2, -0.15) is 0 Å². The molecule has 0 aliphatic carbocycles. The molecule has 0 atom stereocenters. The Kier molecular flexibility index (Phi) is 4.12. The third kappa shape index (κ3) is 3.03. The van der Waals surface area contributed by atoms with Gasteiger partial charge in [0.15, 0.2) is 0 Å². The third-order valence-corrected chi connectivity index (χ3v) is 4.61. The van der Waals surface area contributed by atoms with Crippen molar-refractivity contribution >= 4 is 22.8 Å². The Morgan fingerprint density at radius 2 is 1.46 bits per heavy atom. The molecule has 1 saturated heterocycles. The monoisotopic (exact) mass is 352 g/mol. The van der Waals surface area contributed by atoms with Crippen molar-refractivity contribution in [1.29, 1.82) is 0 Å². The van der Waals surface area contributed by atoms with Crippen LogP contribution in [0.3, 0.4) is 0 Å². The van der Waals surface area contributed by atoms with Crippen molar-refractivity contribution in [1.82, 2.24) is 19.8 Å². The first-order valence-electron chi connectivity index (χ1n) is 8.39. The second-order valence-corrected chi connectivity index (χ2v) is 6.23. The zero-order chi connectivity index (χ0) is 18.1. The van der Waals surface area contributed by atoms with Gasteiger partial charge in [0.05, 0.1) is 17.4 Å². The van der Waals surface area contributed by atoms with Crippen LogP contribution in [0.15, 0.2) is 48.8 Å². The van der Waals surface area contributed by atoms with Gasteiger partial charge >= 0.3 is 0 Å². The maximum atomic E-state index is 13.0. The molecular formula is C19H17FN4O2. The first-order valence-corrected chi connectivity index (χ1v) is 8.39. The lowest BCUT2D eigenvalue weighted by Gasteiger charge is -2.34. The first kappa shape index (κ1) is 16.3. The van der Waals surface area contributed by atoms with Gasteiger partial charge in [0.25, 0.3) is 11.8 Å². The topological polar surface area (TPSA) is 69.3 Å². The highest BCUT2D eigenvalue weighted by Gasteiger charge is 2.25. The van der Waals surface area contributed by atoms with Crippen LogP contribution in [0.2, 0.25) is 0 Å². The van der Waals surface area contributed by atoms with Gasteiger partial charge in [-0.15, -0.1) is 0 Å². The molecular weight excluding hydrogens is 335 g/mol. The molecule has 132 valence electrons. The number of amides is 2. The average Bonchev–Trinajstić information content (AvgIpc) is 3.15. The molecule has 26 heavy (non-hydrogen) atoms. The number of H-pyrrole nitrogens is 1. The van der Waals surface area contributed by atoms with Gasteiger partial charge in [-0.3, -0.25) is 9.59 Å². The quantitative estimate of drug-likeness (QED) is 0.769. The van der Waals surface area contributed by atoms with Crippen LogP contribution in [0.1, 0.15) is 20.7 Å². The number of hydrogen-bond acceptors (Lipinski definition) is 3. The van der Waals surface area contributed by atoms with Crippen molar-refractivity contribution in [3.05, 3.63) is 65.7 Å². The molecule has 4 rings (SSSR count). The number of aromatic amines is 1. The fourth-order valence-electron chi connectivity index (χ4n) is 3.14. The predicted molar refractivity (Wildman–Crippen MR) is 94.3 cm³/mol. The van der Waals surface area contributed by atoms with Crippen LogP contribution in [0.4, 0.5) is 4.39 Å². The molecule has 1 aliphatic rings. The van der Waals surface area contributed by atoms with Crippen LogP contribution in [-0.4, -0.2) is 57.8 Å². The van der Waals surface area contributed by atoms with E-state index in [0.29, 0.717) is 37.3 Å². The molecule has 0 bridgehead atoms. The standard InChI is InChI=1S/C19H17FN4O2/c20-15-4-1-13(2-5-15)18(25)23-7-9-24(10-8-23)19(26)14-3-6-16-17(11-14)22-12-21-16/h1-6,11-12H,7-10H2,(H,21,22). The molecule has 0 saturated carbocycles. The number of piperazine rings is 1. The van der Waals surface area contributed by atoms with E-state index in [9.17, 15) is 14.0 Å². The van der Waals surface area contributed by atoms with Crippen molar-refractivity contribution in [2.24, 2.45) is 0 Å². The Labute approximate surface area is 149 Å². The summed E-state index contributed by atoms with van der Waals surface area (Å²) in [6, 6.07) is 10.9. The molecule has 1 aromatic heterocycles. The van der Waals surface area contributed by atoms with Crippen molar-refractivity contribution in [3.63, 3.8) is 0 Å². The highest BCUT2D eigenvalue weighted by Crippen LogP contribution is 2.16. The number of fused-ring (bicyclic) bond motifs is 1. The summed E-state index contributed by atoms with van der Waals surface area (Å²) in [6.45, 7) is 1.84. The molecule has 0 unspecified atom stereocenters. The van der Waals surface area contributed by atoms with Crippen molar-refractivity contribution in [2.75, 3.05) is 26.2 Å². The summed E-state index contributed by atoms with van der Waals surface area (Å²) in [5.41, 5.74) is 2.69. The lowest BCUT2D eigenvalue weighted by atomic mass is 10.1. The largest absolute Gasteiger partial charge is 0.345 e. The highest BCUT2D eigenvalue weighted by atomic mass is 19.1. The van der Waals surface area contributed by atoms with Crippen LogP contribution in [0, 0.1) is 5.82 Å². The summed E-state index contributed by atoms with van der Waals surface area (Å²) >= 11 is 0. The molecule has 1 N–H and O–H groups in total. The van der Waals surface area contributed by atoms with E-state index in [0.717, 1.165) is 11.0 Å². The third-order valence-electron chi connectivity index (χ3n) is 4.61. The number of imidazole rings is 1. The molecule has 6 nitrogen and oxygen atoms in total. The van der Waals surface area contributed by atoms with Gasteiger partial charge < -0.3 is 14.8 Å². The number of rotatable bonds is 2. The SMILES string of the molecule is O=C(c1ccc(F)cc1)N1CCN(C(=O)c2ccc3nc[nH]c3c2)CC1. The van der Waals surface area contributed by atoms with E-state index in [-0.39, 0.29) is 17.6 Å². The van der Waals surface area contributed by atoms with E-state index < -0.39 is 0 Å². The lowest BCUT2D eigenvalue weighted by Crippen LogP contribution is -2.50. The van der Waals surface area contributed by atoms with Crippen molar-refractivity contribution in [2.45, 2.75) is 0 Å². The zero-order valence-corrected chi connectivity index (χ0v) is 14.0. The summed E-state index contributed by atoms with van der Waals surface area (Å²) in [5, 5.41) is 0. The number of benzene rings is 2. The second-order valence-electron chi connectivity index (χ2n) is 6.23. The molecule has 2 heterocycles. The van der Waals surface area contributed by atoms with E-state index >= 15 is 0 Å². The van der Waals surface area contributed by atoms with E-state index in [1.54, 1.807) is 28.3 Å². The van der Waals surface area contributed by atoms with Gasteiger partial charge in [0.2, 0.25) is 0 Å². The van der Waals surface area contributed by atoms with Gasteiger partial charge in [-0.05, 0) is 42.5 Å². The van der Waals surface area contributed by atoms with Crippen LogP contribution in [0.5, 0.6) is 0 Å². The normalized spacial score (nSPS) is 14.7. The van der Waals surface area contributed by atoms with Crippen molar-refractivity contribution < 1.29 is 14.0 Å². The summed E-state index contributed by atoms with van der Waals surface area (Å²) in [5.74, 6) is -0.572. The number of carbonyl (C=O) groups excluding carboxylic acids is 2. The number of carbonyl (C=O) groups is 2. The number of nitrogens with zero attached hydrogens (tertiary/aromatic N) is 3. The Bertz CT molecular complexity index is 959. The Morgan fingerprint density at radius 1 is 0.885 bits per heavy atom. The molecule has 1 fully saturated rings. The maximum absolute atomic E-state index is 13.0. The fourth-order valence-corrected chi connectivity index (χ4v) is 3.14. The Morgan fingerprint density at radius 3 is 2.12 bits per heavy atom. The number of halogens is 1. The average molecular weight is 352 g/mol. The maximum Gasteiger partial charge on any atom is 0.254 e. The van der Waals surface area contributed by atoms with Crippen LogP contribution >= 0.6 is 0 Å². The van der Waals surface area contributed by atoms with Gasteiger partial charge in [0.1, 0.15) is 5.82 Å². The minimum absolute atomic E-state index is 0.0598. The number of hydrogen-bond donors (Lipinski definition) is 1. The molecule has 0 radical (unpaired) electrons. The van der Waals surface area contributed by atoms with Gasteiger partial charge in [0, 0.05) is 37.3 Å². The van der Waals surface area contributed by atoms with Crippen LogP contribution in [-0.2, 0) is 0 Å². The minimum Gasteiger partial charge on any atom is -0.345 e. The molecule has 1 aliphatic heterocycles. The van der Waals surface area contributed by atoms with Crippen LogP contribution in [0.25, 0.3) is 11.0 Å². The Hall–Kier alpha value is -3.22. The second kappa shape index (κ2) is 6.59. The molecule has 2 aromatic carbocycles. The molecule has 3 aromatic rings. The lowest BCUT2D eigenvalue weighted by molar-refractivity contribution is 0.0535. The van der Waals surface area contributed by atoms with Gasteiger partial charge in [-0.1, -0.05) is 0 Å². The highest BCUT2D eigenvalue weighted by molar-refractivity contribution is 5.98. The Balaban J connectivity index is 1.41. The number of aromatic nitrogens is 2. The van der Waals surface area contributed by atoms with Gasteiger partial charge in [-0.25, -0.2) is 9.37 Å². The van der Waals surface area contributed by atoms with Crippen LogP contribution < -0.4 is 0 Å².